The fraction of sp³-hybridized carbons (Fsp3) is 1.00. The zero-order chi connectivity index (χ0) is 25.5. The predicted octanol–water partition coefficient (Wildman–Crippen LogP) is -8.19. The van der Waals surface area contributed by atoms with Gasteiger partial charge in [0.15, 0.2) is 12.6 Å². The Hall–Kier alpha value is -0.640. The minimum atomic E-state index is -1.93. The summed E-state index contributed by atoms with van der Waals surface area (Å²) in [7, 11) is 0. The van der Waals surface area contributed by atoms with Gasteiger partial charge in [0.05, 0.1) is 13.2 Å². The first-order valence-corrected chi connectivity index (χ1v) is 10.6. The van der Waals surface area contributed by atoms with Crippen molar-refractivity contribution in [3.8, 4) is 0 Å². The number of rotatable bonds is 6. The zero-order valence-corrected chi connectivity index (χ0v) is 17.7. The number of ether oxygens (including phenoxy) is 4. The predicted molar refractivity (Wildman–Crippen MR) is 101 cm³/mol. The summed E-state index contributed by atoms with van der Waals surface area (Å²) < 4.78 is 21.0. The lowest BCUT2D eigenvalue weighted by Crippen LogP contribution is -2.67. The summed E-state index contributed by atoms with van der Waals surface area (Å²) in [6.45, 7) is -1.36. The van der Waals surface area contributed by atoms with Crippen LogP contribution in [-0.4, -0.2) is 173 Å². The topological polar surface area (TPSA) is 280 Å². The first kappa shape index (κ1) is 27.9. The normalized spacial score (nSPS) is 54.7. The van der Waals surface area contributed by atoms with Crippen LogP contribution in [0.4, 0.5) is 0 Å². The van der Waals surface area contributed by atoms with E-state index in [1.165, 1.54) is 0 Å². The highest BCUT2D eigenvalue weighted by atomic mass is 16.7. The summed E-state index contributed by atoms with van der Waals surface area (Å²) in [5.41, 5.74) is 0. The minimum absolute atomic E-state index is 0.646. The van der Waals surface area contributed by atoms with Crippen molar-refractivity contribution in [1.82, 2.24) is 0 Å². The molecule has 0 radical (unpaired) electrons. The van der Waals surface area contributed by atoms with E-state index in [4.69, 9.17) is 18.9 Å². The summed E-state index contributed by atoms with van der Waals surface area (Å²) >= 11 is 0. The average molecular weight is 504 g/mol. The molecule has 1 aliphatic carbocycles. The van der Waals surface area contributed by atoms with E-state index >= 15 is 0 Å². The zero-order valence-electron chi connectivity index (χ0n) is 17.7. The molecule has 2 saturated heterocycles. The molecule has 2 aliphatic heterocycles. The second-order valence-electron chi connectivity index (χ2n) is 8.60. The van der Waals surface area contributed by atoms with Crippen molar-refractivity contribution in [2.24, 2.45) is 0 Å². The Morgan fingerprint density at radius 2 is 0.882 bits per heavy atom. The molecule has 0 aromatic rings. The van der Waals surface area contributed by atoms with Crippen molar-refractivity contribution in [1.29, 1.82) is 0 Å². The summed E-state index contributed by atoms with van der Waals surface area (Å²) in [6.07, 6.45) is -28.3. The van der Waals surface area contributed by atoms with Gasteiger partial charge in [-0.15, -0.1) is 0 Å². The number of aliphatic hydroxyl groups excluding tert-OH is 12. The van der Waals surface area contributed by atoms with E-state index in [0.29, 0.717) is 0 Å². The first-order valence-electron chi connectivity index (χ1n) is 10.6. The maximum Gasteiger partial charge on any atom is 0.187 e. The summed E-state index contributed by atoms with van der Waals surface area (Å²) in [5.74, 6) is 0. The van der Waals surface area contributed by atoms with Crippen LogP contribution in [-0.2, 0) is 18.9 Å². The van der Waals surface area contributed by atoms with Crippen molar-refractivity contribution in [3.05, 3.63) is 0 Å². The largest absolute Gasteiger partial charge is 0.394 e. The molecular weight excluding hydrogens is 472 g/mol. The smallest absolute Gasteiger partial charge is 0.187 e. The molecule has 1 saturated carbocycles. The monoisotopic (exact) mass is 504 g/mol. The Labute approximate surface area is 192 Å². The molecule has 7 unspecified atom stereocenters. The highest BCUT2D eigenvalue weighted by Crippen LogP contribution is 2.30. The number of hydrogen-bond donors (Lipinski definition) is 12. The van der Waals surface area contributed by atoms with Gasteiger partial charge < -0.3 is 80.2 Å². The highest BCUT2D eigenvalue weighted by molar-refractivity contribution is 5.00. The van der Waals surface area contributed by atoms with Gasteiger partial charge in [0.25, 0.3) is 0 Å². The van der Waals surface area contributed by atoms with E-state index in [1.54, 1.807) is 0 Å². The van der Waals surface area contributed by atoms with E-state index in [-0.39, 0.29) is 0 Å². The van der Waals surface area contributed by atoms with Crippen LogP contribution in [0.1, 0.15) is 0 Å². The molecule has 3 fully saturated rings. The summed E-state index contributed by atoms with van der Waals surface area (Å²) in [4.78, 5) is 0. The lowest BCUT2D eigenvalue weighted by atomic mass is 9.84. The van der Waals surface area contributed by atoms with E-state index in [2.05, 4.69) is 0 Å². The Kier molecular flexibility index (Phi) is 9.18. The van der Waals surface area contributed by atoms with Crippen molar-refractivity contribution in [2.45, 2.75) is 98.0 Å². The van der Waals surface area contributed by atoms with Crippen molar-refractivity contribution < 1.29 is 80.2 Å². The second kappa shape index (κ2) is 11.2. The van der Waals surface area contributed by atoms with Gasteiger partial charge in [0.2, 0.25) is 0 Å². The van der Waals surface area contributed by atoms with E-state index in [1.807, 2.05) is 0 Å². The van der Waals surface area contributed by atoms with Crippen molar-refractivity contribution in [2.75, 3.05) is 13.2 Å². The van der Waals surface area contributed by atoms with Gasteiger partial charge in [-0.3, -0.25) is 0 Å². The van der Waals surface area contributed by atoms with Crippen molar-refractivity contribution >= 4 is 0 Å². The van der Waals surface area contributed by atoms with Crippen LogP contribution in [0, 0.1) is 0 Å². The molecule has 16 heteroatoms. The van der Waals surface area contributed by atoms with Gasteiger partial charge in [-0.25, -0.2) is 0 Å². The van der Waals surface area contributed by atoms with Gasteiger partial charge in [0, 0.05) is 0 Å². The molecule has 0 aromatic carbocycles. The molecule has 34 heavy (non-hydrogen) atoms. The van der Waals surface area contributed by atoms with Crippen LogP contribution < -0.4 is 0 Å². The quantitative estimate of drug-likeness (QED) is 0.160. The molecule has 0 aromatic heterocycles. The minimum Gasteiger partial charge on any atom is -0.394 e. The molecule has 12 N–H and O–H groups in total. The Morgan fingerprint density at radius 3 is 1.41 bits per heavy atom. The van der Waals surface area contributed by atoms with Crippen molar-refractivity contribution in [3.63, 3.8) is 0 Å². The summed E-state index contributed by atoms with van der Waals surface area (Å²) in [6, 6.07) is 0. The Bertz CT molecular complexity index is 637. The van der Waals surface area contributed by atoms with Gasteiger partial charge in [-0.2, -0.15) is 0 Å². The van der Waals surface area contributed by atoms with Gasteiger partial charge >= 0.3 is 0 Å². The standard InChI is InChI=1S/C18H32O16/c19-1-3-5(20)7(22)14(29)17(32-3)31-2-4-6(21)8(23)15(30)18(33-4)34-16-12(27)10(25)9(24)11(26)13(16)28/h3-30H,1-2H2/t3?,4?,5-,6-,7+,8+,9?,10-,11+,12-,13?,14?,15?,16?,17+,18+/m0/s1. The molecule has 200 valence electrons. The van der Waals surface area contributed by atoms with E-state index < -0.39 is 111 Å². The average Bonchev–Trinajstić information content (AvgIpc) is 2.82. The second-order valence-corrected chi connectivity index (χ2v) is 8.60. The summed E-state index contributed by atoms with van der Waals surface area (Å²) in [5, 5.41) is 119. The third kappa shape index (κ3) is 5.23. The maximum atomic E-state index is 10.2. The Morgan fingerprint density at radius 1 is 0.471 bits per heavy atom. The van der Waals surface area contributed by atoms with Crippen LogP contribution in [0.25, 0.3) is 0 Å². The molecule has 0 bridgehead atoms. The molecule has 16 nitrogen and oxygen atoms in total. The molecular formula is C18H32O16. The molecule has 3 rings (SSSR count). The molecule has 0 amide bonds. The highest BCUT2D eigenvalue weighted by Gasteiger charge is 2.53. The van der Waals surface area contributed by atoms with Gasteiger partial charge in [-0.05, 0) is 0 Å². The first-order chi connectivity index (χ1) is 15.9. The van der Waals surface area contributed by atoms with Crippen LogP contribution in [0.2, 0.25) is 0 Å². The van der Waals surface area contributed by atoms with E-state index in [0.717, 1.165) is 0 Å². The van der Waals surface area contributed by atoms with Crippen LogP contribution in [0.3, 0.4) is 0 Å². The van der Waals surface area contributed by atoms with Crippen LogP contribution in [0.15, 0.2) is 0 Å². The number of hydrogen-bond acceptors (Lipinski definition) is 16. The fourth-order valence-corrected chi connectivity index (χ4v) is 4.07. The molecule has 3 aliphatic rings. The SMILES string of the molecule is OCC1O[C@@H](OCC2O[C@H](OC3C(O)[C@H](O)C(O)[C@H](O)[C@@H]3O)C(O)[C@H](O)[C@H]2O)C(O)[C@H](O)[C@H]1O. The molecule has 2 heterocycles. The fourth-order valence-electron chi connectivity index (χ4n) is 4.07. The third-order valence-corrected chi connectivity index (χ3v) is 6.31. The van der Waals surface area contributed by atoms with Crippen LogP contribution >= 0.6 is 0 Å². The van der Waals surface area contributed by atoms with Crippen LogP contribution in [0.5, 0.6) is 0 Å². The van der Waals surface area contributed by atoms with E-state index in [9.17, 15) is 61.3 Å². The maximum absolute atomic E-state index is 10.2. The van der Waals surface area contributed by atoms with Gasteiger partial charge in [0.1, 0.15) is 85.5 Å². The Balaban J connectivity index is 1.67. The molecule has 0 spiro atoms. The number of aliphatic hydroxyl groups is 12. The lowest BCUT2D eigenvalue weighted by Gasteiger charge is -2.46. The lowest BCUT2D eigenvalue weighted by molar-refractivity contribution is -0.351. The van der Waals surface area contributed by atoms with Gasteiger partial charge in [-0.1, -0.05) is 0 Å². The third-order valence-electron chi connectivity index (χ3n) is 6.31. The molecule has 16 atom stereocenters.